The number of esters is 3. The van der Waals surface area contributed by atoms with E-state index in [0.717, 1.165) is 96.3 Å². The molecule has 0 fully saturated rings. The van der Waals surface area contributed by atoms with E-state index in [1.807, 2.05) is 0 Å². The van der Waals surface area contributed by atoms with Gasteiger partial charge in [-0.3, -0.25) is 14.4 Å². The highest BCUT2D eigenvalue weighted by Crippen LogP contribution is 2.15. The molecule has 0 aromatic heterocycles. The van der Waals surface area contributed by atoms with Crippen LogP contribution in [0, 0.1) is 0 Å². The number of hydrogen-bond acceptors (Lipinski definition) is 6. The fourth-order valence-electron chi connectivity index (χ4n) is 8.53. The maximum absolute atomic E-state index is 12.9. The van der Waals surface area contributed by atoms with Crippen molar-refractivity contribution < 1.29 is 28.6 Å². The predicted molar refractivity (Wildman–Crippen MR) is 307 cm³/mol. The summed E-state index contributed by atoms with van der Waals surface area (Å²) in [7, 11) is 0. The zero-order valence-corrected chi connectivity index (χ0v) is 47.0. The molecule has 0 aliphatic rings. The van der Waals surface area contributed by atoms with Gasteiger partial charge in [0.1, 0.15) is 13.2 Å². The zero-order chi connectivity index (χ0) is 51.4. The molecule has 0 saturated heterocycles. The number of carbonyl (C=O) groups is 3. The fourth-order valence-corrected chi connectivity index (χ4v) is 8.53. The fraction of sp³-hybridized carbons (Fsp3) is 0.769. The summed E-state index contributed by atoms with van der Waals surface area (Å²) >= 11 is 0. The van der Waals surface area contributed by atoms with Crippen molar-refractivity contribution in [2.75, 3.05) is 13.2 Å². The van der Waals surface area contributed by atoms with Crippen molar-refractivity contribution in [1.82, 2.24) is 0 Å². The van der Waals surface area contributed by atoms with Crippen molar-refractivity contribution in [2.24, 2.45) is 0 Å². The maximum atomic E-state index is 12.9. The summed E-state index contributed by atoms with van der Waals surface area (Å²) in [5.41, 5.74) is 0. The highest BCUT2D eigenvalue weighted by atomic mass is 16.6. The highest BCUT2D eigenvalue weighted by molar-refractivity contribution is 5.71. The van der Waals surface area contributed by atoms with Crippen LogP contribution in [-0.4, -0.2) is 37.2 Å². The lowest BCUT2D eigenvalue weighted by Crippen LogP contribution is -2.30. The van der Waals surface area contributed by atoms with Crippen LogP contribution in [0.3, 0.4) is 0 Å². The summed E-state index contributed by atoms with van der Waals surface area (Å²) < 4.78 is 16.9. The molecule has 410 valence electrons. The molecule has 0 radical (unpaired) electrons. The van der Waals surface area contributed by atoms with Crippen molar-refractivity contribution in [1.29, 1.82) is 0 Å². The largest absolute Gasteiger partial charge is 0.462 e. The molecule has 0 N–H and O–H groups in total. The topological polar surface area (TPSA) is 78.9 Å². The highest BCUT2D eigenvalue weighted by Gasteiger charge is 2.19. The third kappa shape index (κ3) is 57.6. The summed E-state index contributed by atoms with van der Waals surface area (Å²) in [6.07, 6.45) is 76.0. The van der Waals surface area contributed by atoms with E-state index in [9.17, 15) is 14.4 Å². The van der Waals surface area contributed by atoms with E-state index in [1.165, 1.54) is 167 Å². The molecule has 0 rings (SSSR count). The van der Waals surface area contributed by atoms with Gasteiger partial charge in [0, 0.05) is 19.3 Å². The van der Waals surface area contributed by atoms with Gasteiger partial charge >= 0.3 is 17.9 Å². The Morgan fingerprint density at radius 1 is 0.282 bits per heavy atom. The zero-order valence-electron chi connectivity index (χ0n) is 47.0. The van der Waals surface area contributed by atoms with E-state index < -0.39 is 6.10 Å². The molecular formula is C65H114O6. The van der Waals surface area contributed by atoms with E-state index in [4.69, 9.17) is 14.2 Å². The molecule has 0 heterocycles. The quantitative estimate of drug-likeness (QED) is 0.0261. The first-order valence-corrected chi connectivity index (χ1v) is 30.4. The van der Waals surface area contributed by atoms with E-state index in [1.54, 1.807) is 0 Å². The van der Waals surface area contributed by atoms with Crippen molar-refractivity contribution in [3.05, 3.63) is 72.9 Å². The smallest absolute Gasteiger partial charge is 0.306 e. The van der Waals surface area contributed by atoms with E-state index in [0.29, 0.717) is 19.3 Å². The van der Waals surface area contributed by atoms with Crippen LogP contribution in [0.4, 0.5) is 0 Å². The van der Waals surface area contributed by atoms with Crippen molar-refractivity contribution >= 4 is 17.9 Å². The second-order valence-corrected chi connectivity index (χ2v) is 20.2. The van der Waals surface area contributed by atoms with Crippen LogP contribution in [0.2, 0.25) is 0 Å². The second kappa shape index (κ2) is 59.4. The Labute approximate surface area is 440 Å². The molecule has 0 amide bonds. The average molecular weight is 992 g/mol. The van der Waals surface area contributed by atoms with Gasteiger partial charge in [-0.1, -0.05) is 241 Å². The normalized spacial score (nSPS) is 12.5. The molecule has 6 heteroatoms. The molecule has 0 aromatic carbocycles. The predicted octanol–water partition coefficient (Wildman–Crippen LogP) is 20.5. The molecule has 0 spiro atoms. The summed E-state index contributed by atoms with van der Waals surface area (Å²) in [6, 6.07) is 0. The maximum Gasteiger partial charge on any atom is 0.306 e. The first-order valence-electron chi connectivity index (χ1n) is 30.4. The number of carbonyl (C=O) groups excluding carboxylic acids is 3. The Balaban J connectivity index is 4.36. The second-order valence-electron chi connectivity index (χ2n) is 20.2. The minimum Gasteiger partial charge on any atom is -0.462 e. The number of hydrogen-bond donors (Lipinski definition) is 0. The van der Waals surface area contributed by atoms with Gasteiger partial charge in [-0.2, -0.15) is 0 Å². The Morgan fingerprint density at radius 2 is 0.507 bits per heavy atom. The van der Waals surface area contributed by atoms with Crippen molar-refractivity contribution in [3.8, 4) is 0 Å². The molecule has 0 aromatic rings. The third-order valence-electron chi connectivity index (χ3n) is 13.2. The molecule has 0 bridgehead atoms. The van der Waals surface area contributed by atoms with E-state index in [-0.39, 0.29) is 31.1 Å². The molecular weight excluding hydrogens is 877 g/mol. The van der Waals surface area contributed by atoms with Gasteiger partial charge in [0.2, 0.25) is 0 Å². The van der Waals surface area contributed by atoms with Crippen LogP contribution in [0.25, 0.3) is 0 Å². The van der Waals surface area contributed by atoms with Crippen molar-refractivity contribution in [3.63, 3.8) is 0 Å². The first kappa shape index (κ1) is 67.8. The molecule has 1 unspecified atom stereocenters. The standard InChI is InChI=1S/C65H114O6/c1-4-7-10-13-16-19-22-25-27-29-30-31-32-33-34-36-37-40-43-46-49-52-55-58-64(67)70-61-62(60-69-63(66)57-54-51-48-45-42-39-24-21-18-15-12-9-6-3)71-65(68)59-56-53-50-47-44-41-38-35-28-26-23-20-17-14-11-8-5-2/h17,20-22,24-26,28-30,32-33,62H,4-16,18-19,23,27,31,34-61H2,1-3H3/b20-17-,24-21-,25-22-,28-26-,30-29-,33-32-. The summed E-state index contributed by atoms with van der Waals surface area (Å²) in [5.74, 6) is -0.898. The van der Waals surface area contributed by atoms with Gasteiger partial charge in [-0.25, -0.2) is 0 Å². The molecule has 6 nitrogen and oxygen atoms in total. The van der Waals surface area contributed by atoms with Crippen molar-refractivity contribution in [2.45, 2.75) is 309 Å². The Kier molecular flexibility index (Phi) is 56.8. The summed E-state index contributed by atoms with van der Waals surface area (Å²) in [4.78, 5) is 38.2. The lowest BCUT2D eigenvalue weighted by atomic mass is 10.1. The minimum absolute atomic E-state index is 0.0845. The average Bonchev–Trinajstić information content (AvgIpc) is 3.37. The van der Waals surface area contributed by atoms with E-state index in [2.05, 4.69) is 93.7 Å². The van der Waals surface area contributed by atoms with Crippen LogP contribution in [-0.2, 0) is 28.6 Å². The van der Waals surface area contributed by atoms with Crippen LogP contribution in [0.15, 0.2) is 72.9 Å². The summed E-state index contributed by atoms with van der Waals surface area (Å²) in [5, 5.41) is 0. The Hall–Kier alpha value is -3.15. The SMILES string of the molecule is CCCCC/C=C\C/C=C\CCCCCCCCCC(=O)OC(COC(=O)CCCCCCC/C=C\CCCCCC)COC(=O)CCCCCCCCCC/C=C\C/C=C\C/C=C\CCCCCCC. The first-order chi connectivity index (χ1) is 35.0. The number of ether oxygens (including phenoxy) is 3. The molecule has 71 heavy (non-hydrogen) atoms. The number of allylic oxidation sites excluding steroid dienone is 12. The van der Waals surface area contributed by atoms with Crippen LogP contribution in [0.5, 0.6) is 0 Å². The lowest BCUT2D eigenvalue weighted by Gasteiger charge is -2.18. The van der Waals surface area contributed by atoms with Gasteiger partial charge in [0.25, 0.3) is 0 Å². The molecule has 0 aliphatic carbocycles. The molecule has 0 saturated carbocycles. The minimum atomic E-state index is -0.787. The number of rotatable bonds is 55. The van der Waals surface area contributed by atoms with E-state index >= 15 is 0 Å². The summed E-state index contributed by atoms with van der Waals surface area (Å²) in [6.45, 7) is 6.59. The van der Waals surface area contributed by atoms with Gasteiger partial charge in [-0.05, 0) is 116 Å². The van der Waals surface area contributed by atoms with Gasteiger partial charge in [-0.15, -0.1) is 0 Å². The van der Waals surface area contributed by atoms with Gasteiger partial charge < -0.3 is 14.2 Å². The number of unbranched alkanes of at least 4 members (excludes halogenated alkanes) is 32. The van der Waals surface area contributed by atoms with Gasteiger partial charge in [0.15, 0.2) is 6.10 Å². The Bertz CT molecular complexity index is 1320. The molecule has 1 atom stereocenters. The van der Waals surface area contributed by atoms with Gasteiger partial charge in [0.05, 0.1) is 0 Å². The Morgan fingerprint density at radius 3 is 0.845 bits per heavy atom. The third-order valence-corrected chi connectivity index (χ3v) is 13.2. The molecule has 0 aliphatic heterocycles. The lowest BCUT2D eigenvalue weighted by molar-refractivity contribution is -0.167. The van der Waals surface area contributed by atoms with Crippen LogP contribution in [0.1, 0.15) is 303 Å². The monoisotopic (exact) mass is 991 g/mol. The van der Waals surface area contributed by atoms with Crippen LogP contribution >= 0.6 is 0 Å². The van der Waals surface area contributed by atoms with Crippen LogP contribution < -0.4 is 0 Å².